The van der Waals surface area contributed by atoms with E-state index in [1.807, 2.05) is 48.5 Å². The molecule has 0 aliphatic carbocycles. The number of anilines is 2. The summed E-state index contributed by atoms with van der Waals surface area (Å²) in [4.78, 5) is 12.3. The number of carbonyl (C=O) groups excluding carboxylic acids is 1. The molecule has 1 unspecified atom stereocenters. The lowest BCUT2D eigenvalue weighted by Gasteiger charge is -2.15. The predicted molar refractivity (Wildman–Crippen MR) is 98.7 cm³/mol. The van der Waals surface area contributed by atoms with Crippen molar-refractivity contribution in [3.63, 3.8) is 0 Å². The van der Waals surface area contributed by atoms with Crippen molar-refractivity contribution in [2.75, 3.05) is 24.3 Å². The summed E-state index contributed by atoms with van der Waals surface area (Å²) in [5.41, 5.74) is 8.23. The Kier molecular flexibility index (Phi) is 5.90. The summed E-state index contributed by atoms with van der Waals surface area (Å²) in [7, 11) is 0. The van der Waals surface area contributed by atoms with Crippen LogP contribution in [0.2, 0.25) is 0 Å². The number of amides is 1. The lowest BCUT2D eigenvalue weighted by Crippen LogP contribution is -2.18. The molecule has 2 aromatic rings. The van der Waals surface area contributed by atoms with Gasteiger partial charge in [-0.05, 0) is 49.1 Å². The average Bonchev–Trinajstić information content (AvgIpc) is 3.13. The maximum Gasteiger partial charge on any atom is 0.224 e. The molecule has 1 atom stereocenters. The van der Waals surface area contributed by atoms with Gasteiger partial charge >= 0.3 is 0 Å². The molecule has 5 nitrogen and oxygen atoms in total. The van der Waals surface area contributed by atoms with Crippen LogP contribution < -0.4 is 15.8 Å². The van der Waals surface area contributed by atoms with Crippen LogP contribution in [0.15, 0.2) is 48.5 Å². The second-order valence-electron chi connectivity index (χ2n) is 6.24. The van der Waals surface area contributed by atoms with E-state index in [9.17, 15) is 4.79 Å². The lowest BCUT2D eigenvalue weighted by molar-refractivity contribution is -0.116. The normalized spacial score (nSPS) is 16.6. The molecular formula is C20H24N2O3. The van der Waals surface area contributed by atoms with Crippen molar-refractivity contribution in [1.82, 2.24) is 0 Å². The third-order valence-corrected chi connectivity index (χ3v) is 4.20. The third kappa shape index (κ3) is 5.22. The zero-order chi connectivity index (χ0) is 17.5. The fraction of sp³-hybridized carbons (Fsp3) is 0.350. The summed E-state index contributed by atoms with van der Waals surface area (Å²) in [6.07, 6.45) is 3.29. The fourth-order valence-electron chi connectivity index (χ4n) is 2.87. The molecule has 2 aromatic carbocycles. The van der Waals surface area contributed by atoms with Gasteiger partial charge in [-0.15, -0.1) is 0 Å². The summed E-state index contributed by atoms with van der Waals surface area (Å²) in [5.74, 6) is 0.630. The summed E-state index contributed by atoms with van der Waals surface area (Å²) in [6, 6.07) is 15.1. The van der Waals surface area contributed by atoms with Gasteiger partial charge in [-0.1, -0.05) is 24.3 Å². The summed E-state index contributed by atoms with van der Waals surface area (Å²) in [6.45, 7) is 1.31. The number of rotatable bonds is 7. The molecule has 1 fully saturated rings. The van der Waals surface area contributed by atoms with E-state index < -0.39 is 0 Å². The standard InChI is InChI=1S/C20H24N2O3/c21-16-6-3-5-15(13-16)10-11-20(23)22-18-8-1-2-9-19(18)25-14-17-7-4-12-24-17/h1-3,5-6,8-9,13,17H,4,7,10-12,14,21H2,(H,22,23). The van der Waals surface area contributed by atoms with E-state index in [-0.39, 0.29) is 12.0 Å². The Labute approximate surface area is 148 Å². The molecule has 0 radical (unpaired) electrons. The van der Waals surface area contributed by atoms with Crippen molar-refractivity contribution in [1.29, 1.82) is 0 Å². The first-order valence-corrected chi connectivity index (χ1v) is 8.68. The maximum atomic E-state index is 12.3. The quantitative estimate of drug-likeness (QED) is 0.758. The van der Waals surface area contributed by atoms with Crippen LogP contribution in [-0.2, 0) is 16.0 Å². The van der Waals surface area contributed by atoms with Crippen LogP contribution in [0.4, 0.5) is 11.4 Å². The van der Waals surface area contributed by atoms with E-state index in [1.165, 1.54) is 0 Å². The molecule has 1 heterocycles. The van der Waals surface area contributed by atoms with Crippen LogP contribution >= 0.6 is 0 Å². The summed E-state index contributed by atoms with van der Waals surface area (Å²) in [5, 5.41) is 2.93. The number of benzene rings is 2. The molecule has 1 aliphatic rings. The Hall–Kier alpha value is -2.53. The second-order valence-corrected chi connectivity index (χ2v) is 6.24. The first-order valence-electron chi connectivity index (χ1n) is 8.68. The van der Waals surface area contributed by atoms with Crippen LogP contribution in [-0.4, -0.2) is 25.2 Å². The van der Waals surface area contributed by atoms with E-state index in [1.54, 1.807) is 0 Å². The van der Waals surface area contributed by atoms with Gasteiger partial charge in [-0.2, -0.15) is 0 Å². The van der Waals surface area contributed by atoms with E-state index in [4.69, 9.17) is 15.2 Å². The second kappa shape index (κ2) is 8.53. The minimum absolute atomic E-state index is 0.0457. The minimum Gasteiger partial charge on any atom is -0.489 e. The van der Waals surface area contributed by atoms with E-state index in [0.717, 1.165) is 25.0 Å². The average molecular weight is 340 g/mol. The predicted octanol–water partition coefficient (Wildman–Crippen LogP) is 3.40. The molecule has 25 heavy (non-hydrogen) atoms. The molecule has 1 saturated heterocycles. The van der Waals surface area contributed by atoms with Crippen LogP contribution in [0, 0.1) is 0 Å². The van der Waals surface area contributed by atoms with Gasteiger partial charge in [-0.25, -0.2) is 0 Å². The number of aryl methyl sites for hydroxylation is 1. The minimum atomic E-state index is -0.0457. The van der Waals surface area contributed by atoms with E-state index in [0.29, 0.717) is 36.6 Å². The van der Waals surface area contributed by atoms with Crippen LogP contribution in [0.25, 0.3) is 0 Å². The van der Waals surface area contributed by atoms with Gasteiger partial charge in [0.25, 0.3) is 0 Å². The first-order chi connectivity index (χ1) is 12.2. The maximum absolute atomic E-state index is 12.3. The Bertz CT molecular complexity index is 712. The Morgan fingerprint density at radius 2 is 2.12 bits per heavy atom. The number of ether oxygens (including phenoxy) is 2. The number of nitrogens with two attached hydrogens (primary N) is 1. The molecule has 3 N–H and O–H groups in total. The molecule has 0 spiro atoms. The highest BCUT2D eigenvalue weighted by atomic mass is 16.5. The SMILES string of the molecule is Nc1cccc(CCC(=O)Nc2ccccc2OCC2CCCO2)c1. The smallest absolute Gasteiger partial charge is 0.224 e. The summed E-state index contributed by atoms with van der Waals surface area (Å²) >= 11 is 0. The van der Waals surface area contributed by atoms with E-state index in [2.05, 4.69) is 5.32 Å². The highest BCUT2D eigenvalue weighted by molar-refractivity contribution is 5.92. The molecule has 0 bridgehead atoms. The number of hydrogen-bond donors (Lipinski definition) is 2. The van der Waals surface area contributed by atoms with Crippen molar-refractivity contribution in [3.8, 4) is 5.75 Å². The highest BCUT2D eigenvalue weighted by Gasteiger charge is 2.17. The molecule has 1 aliphatic heterocycles. The van der Waals surface area contributed by atoms with Gasteiger partial charge in [0, 0.05) is 18.7 Å². The zero-order valence-electron chi connectivity index (χ0n) is 14.2. The largest absolute Gasteiger partial charge is 0.489 e. The van der Waals surface area contributed by atoms with Crippen molar-refractivity contribution in [2.24, 2.45) is 0 Å². The van der Waals surface area contributed by atoms with Crippen molar-refractivity contribution in [3.05, 3.63) is 54.1 Å². The van der Waals surface area contributed by atoms with Crippen molar-refractivity contribution in [2.45, 2.75) is 31.8 Å². The van der Waals surface area contributed by atoms with E-state index >= 15 is 0 Å². The highest BCUT2D eigenvalue weighted by Crippen LogP contribution is 2.25. The number of para-hydroxylation sites is 2. The number of carbonyl (C=O) groups is 1. The van der Waals surface area contributed by atoms with Gasteiger partial charge in [0.05, 0.1) is 11.8 Å². The summed E-state index contributed by atoms with van der Waals surface area (Å²) < 4.78 is 11.4. The van der Waals surface area contributed by atoms with Crippen LogP contribution in [0.5, 0.6) is 5.75 Å². The van der Waals surface area contributed by atoms with Gasteiger partial charge in [0.15, 0.2) is 0 Å². The molecule has 1 amide bonds. The molecule has 3 rings (SSSR count). The molecule has 5 heteroatoms. The molecule has 0 aromatic heterocycles. The van der Waals surface area contributed by atoms with Crippen LogP contribution in [0.1, 0.15) is 24.8 Å². The van der Waals surface area contributed by atoms with Gasteiger partial charge in [-0.3, -0.25) is 4.79 Å². The number of nitrogens with one attached hydrogen (secondary N) is 1. The Morgan fingerprint density at radius 3 is 2.92 bits per heavy atom. The molecular weight excluding hydrogens is 316 g/mol. The monoisotopic (exact) mass is 340 g/mol. The Balaban J connectivity index is 1.53. The van der Waals surface area contributed by atoms with Gasteiger partial charge in [0.2, 0.25) is 5.91 Å². The number of nitrogen functional groups attached to an aromatic ring is 1. The Morgan fingerprint density at radius 1 is 1.24 bits per heavy atom. The molecule has 132 valence electrons. The molecule has 0 saturated carbocycles. The zero-order valence-corrected chi connectivity index (χ0v) is 14.2. The van der Waals surface area contributed by atoms with Gasteiger partial charge in [0.1, 0.15) is 12.4 Å². The topological polar surface area (TPSA) is 73.6 Å². The van der Waals surface area contributed by atoms with Crippen molar-refractivity contribution < 1.29 is 14.3 Å². The van der Waals surface area contributed by atoms with Crippen molar-refractivity contribution >= 4 is 17.3 Å². The number of hydrogen-bond acceptors (Lipinski definition) is 4. The first kappa shape index (κ1) is 17.3. The lowest BCUT2D eigenvalue weighted by atomic mass is 10.1. The van der Waals surface area contributed by atoms with Crippen LogP contribution in [0.3, 0.4) is 0 Å². The fourth-order valence-corrected chi connectivity index (χ4v) is 2.87. The van der Waals surface area contributed by atoms with Gasteiger partial charge < -0.3 is 20.5 Å². The third-order valence-electron chi connectivity index (χ3n) is 4.20.